The second kappa shape index (κ2) is 5.15. The topological polar surface area (TPSA) is 46.6 Å². The lowest BCUT2D eigenvalue weighted by Crippen LogP contribution is -2.41. The maximum atomic E-state index is 12.3. The van der Waals surface area contributed by atoms with Gasteiger partial charge in [0.25, 0.3) is 0 Å². The molecule has 4 heteroatoms. The number of likely N-dealkylation sites (tertiary alicyclic amines) is 1. The Morgan fingerprint density at radius 3 is 2.68 bits per heavy atom. The minimum Gasteiger partial charge on any atom is -0.426 e. The average Bonchev–Trinajstić information content (AvgIpc) is 2.70. The Kier molecular flexibility index (Phi) is 3.57. The third kappa shape index (κ3) is 2.32. The summed E-state index contributed by atoms with van der Waals surface area (Å²) >= 11 is 0. The van der Waals surface area contributed by atoms with Gasteiger partial charge in [0.1, 0.15) is 5.75 Å². The van der Waals surface area contributed by atoms with E-state index in [0.29, 0.717) is 18.7 Å². The van der Waals surface area contributed by atoms with Crippen molar-refractivity contribution in [3.63, 3.8) is 0 Å². The molecule has 1 fully saturated rings. The van der Waals surface area contributed by atoms with Crippen molar-refractivity contribution >= 4 is 11.9 Å². The highest BCUT2D eigenvalue weighted by Crippen LogP contribution is 2.36. The molecule has 1 aliphatic heterocycles. The SMILES string of the molecule is C#CC[C@]1(C(=O)Oc2ccccc2)CCN(C)C1=O. The molecule has 0 spiro atoms. The molecule has 1 saturated heterocycles. The van der Waals surface area contributed by atoms with Crippen molar-refractivity contribution in [3.8, 4) is 18.1 Å². The molecule has 0 aromatic heterocycles. The summed E-state index contributed by atoms with van der Waals surface area (Å²) in [6.07, 6.45) is 5.78. The molecule has 0 aliphatic carbocycles. The van der Waals surface area contributed by atoms with Crippen LogP contribution < -0.4 is 4.74 Å². The molecule has 2 rings (SSSR count). The second-order valence-electron chi connectivity index (χ2n) is 4.64. The number of carbonyl (C=O) groups excluding carboxylic acids is 2. The first-order valence-electron chi connectivity index (χ1n) is 6.06. The van der Waals surface area contributed by atoms with Crippen LogP contribution in [0.3, 0.4) is 0 Å². The highest BCUT2D eigenvalue weighted by Gasteiger charge is 2.52. The summed E-state index contributed by atoms with van der Waals surface area (Å²) in [5.41, 5.74) is -1.22. The quantitative estimate of drug-likeness (QED) is 0.356. The fraction of sp³-hybridized carbons (Fsp3) is 0.333. The molecular weight excluding hydrogens is 242 g/mol. The van der Waals surface area contributed by atoms with Crippen molar-refractivity contribution in [1.82, 2.24) is 4.90 Å². The maximum absolute atomic E-state index is 12.3. The predicted molar refractivity (Wildman–Crippen MR) is 70.2 cm³/mol. The van der Waals surface area contributed by atoms with Crippen molar-refractivity contribution in [2.75, 3.05) is 13.6 Å². The zero-order chi connectivity index (χ0) is 13.9. The number of esters is 1. The number of ether oxygens (including phenoxy) is 1. The van der Waals surface area contributed by atoms with Gasteiger partial charge in [0.2, 0.25) is 5.91 Å². The van der Waals surface area contributed by atoms with Gasteiger partial charge in [0.15, 0.2) is 5.41 Å². The molecule has 0 saturated carbocycles. The molecule has 1 aromatic rings. The summed E-state index contributed by atoms with van der Waals surface area (Å²) in [7, 11) is 1.66. The van der Waals surface area contributed by atoms with Crippen LogP contribution >= 0.6 is 0 Å². The molecule has 4 nitrogen and oxygen atoms in total. The first-order valence-corrected chi connectivity index (χ1v) is 6.06. The molecule has 0 bridgehead atoms. The minimum atomic E-state index is -1.22. The lowest BCUT2D eigenvalue weighted by molar-refractivity contribution is -0.153. The lowest BCUT2D eigenvalue weighted by atomic mass is 9.83. The van der Waals surface area contributed by atoms with E-state index < -0.39 is 11.4 Å². The van der Waals surface area contributed by atoms with E-state index >= 15 is 0 Å². The molecule has 1 amide bonds. The number of rotatable bonds is 3. The Hall–Kier alpha value is -2.28. The van der Waals surface area contributed by atoms with Crippen LogP contribution in [0, 0.1) is 17.8 Å². The molecule has 1 atom stereocenters. The molecule has 0 unspecified atom stereocenters. The highest BCUT2D eigenvalue weighted by molar-refractivity contribution is 6.05. The van der Waals surface area contributed by atoms with E-state index in [4.69, 9.17) is 11.2 Å². The van der Waals surface area contributed by atoms with Crippen molar-refractivity contribution in [3.05, 3.63) is 30.3 Å². The Morgan fingerprint density at radius 1 is 1.47 bits per heavy atom. The van der Waals surface area contributed by atoms with Crippen LogP contribution in [0.2, 0.25) is 0 Å². The van der Waals surface area contributed by atoms with Gasteiger partial charge in [0, 0.05) is 20.0 Å². The van der Waals surface area contributed by atoms with Crippen LogP contribution in [0.1, 0.15) is 12.8 Å². The van der Waals surface area contributed by atoms with E-state index in [1.165, 1.54) is 4.90 Å². The molecule has 19 heavy (non-hydrogen) atoms. The van der Waals surface area contributed by atoms with Crippen molar-refractivity contribution < 1.29 is 14.3 Å². The van der Waals surface area contributed by atoms with Crippen LogP contribution in [0.5, 0.6) is 5.75 Å². The molecule has 1 aliphatic rings. The monoisotopic (exact) mass is 257 g/mol. The van der Waals surface area contributed by atoms with Crippen LogP contribution in [0.25, 0.3) is 0 Å². The van der Waals surface area contributed by atoms with E-state index in [1.54, 1.807) is 31.3 Å². The summed E-state index contributed by atoms with van der Waals surface area (Å²) in [5, 5.41) is 0. The summed E-state index contributed by atoms with van der Waals surface area (Å²) in [6.45, 7) is 0.518. The first kappa shape index (κ1) is 13.2. The minimum absolute atomic E-state index is 0.0713. The van der Waals surface area contributed by atoms with Gasteiger partial charge >= 0.3 is 5.97 Å². The maximum Gasteiger partial charge on any atom is 0.328 e. The van der Waals surface area contributed by atoms with E-state index in [0.717, 1.165) is 0 Å². The third-order valence-corrected chi connectivity index (χ3v) is 3.38. The standard InChI is InChI=1S/C15H15NO3/c1-3-9-15(10-11-16(2)13(15)17)14(18)19-12-7-5-4-6-8-12/h1,4-8H,9-11H2,2H3/t15-/m0/s1. The van der Waals surface area contributed by atoms with Gasteiger partial charge in [0.05, 0.1) is 0 Å². The van der Waals surface area contributed by atoms with Gasteiger partial charge in [-0.2, -0.15) is 0 Å². The molecular formula is C15H15NO3. The first-order chi connectivity index (χ1) is 9.10. The summed E-state index contributed by atoms with van der Waals surface area (Å²) in [5.74, 6) is 2.02. The zero-order valence-corrected chi connectivity index (χ0v) is 10.8. The van der Waals surface area contributed by atoms with E-state index in [-0.39, 0.29) is 12.3 Å². The largest absolute Gasteiger partial charge is 0.426 e. The number of hydrogen-bond acceptors (Lipinski definition) is 3. The van der Waals surface area contributed by atoms with Crippen molar-refractivity contribution in [2.45, 2.75) is 12.8 Å². The second-order valence-corrected chi connectivity index (χ2v) is 4.64. The number of benzene rings is 1. The van der Waals surface area contributed by atoms with Crippen LogP contribution in [0.15, 0.2) is 30.3 Å². The number of carbonyl (C=O) groups is 2. The molecule has 1 aromatic carbocycles. The molecule has 0 radical (unpaired) electrons. The Bertz CT molecular complexity index is 532. The van der Waals surface area contributed by atoms with Gasteiger partial charge in [-0.25, -0.2) is 0 Å². The summed E-state index contributed by atoms with van der Waals surface area (Å²) < 4.78 is 5.29. The van der Waals surface area contributed by atoms with Gasteiger partial charge < -0.3 is 9.64 Å². The fourth-order valence-electron chi connectivity index (χ4n) is 2.23. The Morgan fingerprint density at radius 2 is 2.16 bits per heavy atom. The molecule has 98 valence electrons. The fourth-order valence-corrected chi connectivity index (χ4v) is 2.23. The number of nitrogens with zero attached hydrogens (tertiary/aromatic N) is 1. The van der Waals surface area contributed by atoms with Crippen LogP contribution in [0.4, 0.5) is 0 Å². The van der Waals surface area contributed by atoms with Gasteiger partial charge in [-0.3, -0.25) is 9.59 Å². The van der Waals surface area contributed by atoms with E-state index in [9.17, 15) is 9.59 Å². The average molecular weight is 257 g/mol. The summed E-state index contributed by atoms with van der Waals surface area (Å²) in [4.78, 5) is 26.0. The van der Waals surface area contributed by atoms with Crippen LogP contribution in [-0.4, -0.2) is 30.4 Å². The summed E-state index contributed by atoms with van der Waals surface area (Å²) in [6, 6.07) is 8.69. The highest BCUT2D eigenvalue weighted by atomic mass is 16.5. The zero-order valence-electron chi connectivity index (χ0n) is 10.8. The van der Waals surface area contributed by atoms with Crippen molar-refractivity contribution in [2.24, 2.45) is 5.41 Å². The molecule has 0 N–H and O–H groups in total. The Labute approximate surface area is 112 Å². The number of hydrogen-bond donors (Lipinski definition) is 0. The van der Waals surface area contributed by atoms with E-state index in [2.05, 4.69) is 5.92 Å². The molecule has 1 heterocycles. The van der Waals surface area contributed by atoms with Crippen molar-refractivity contribution in [1.29, 1.82) is 0 Å². The predicted octanol–water partition coefficient (Wildman–Crippen LogP) is 1.46. The lowest BCUT2D eigenvalue weighted by Gasteiger charge is -2.22. The van der Waals surface area contributed by atoms with E-state index in [1.807, 2.05) is 6.07 Å². The number of para-hydroxylation sites is 1. The van der Waals surface area contributed by atoms with Gasteiger partial charge in [-0.15, -0.1) is 12.3 Å². The van der Waals surface area contributed by atoms with Gasteiger partial charge in [-0.05, 0) is 18.6 Å². The normalized spacial score (nSPS) is 22.1. The van der Waals surface area contributed by atoms with Crippen LogP contribution in [-0.2, 0) is 9.59 Å². The smallest absolute Gasteiger partial charge is 0.328 e. The number of amides is 1. The third-order valence-electron chi connectivity index (χ3n) is 3.38. The number of terminal acetylenes is 1. The Balaban J connectivity index is 2.24. The van der Waals surface area contributed by atoms with Gasteiger partial charge in [-0.1, -0.05) is 18.2 Å².